The highest BCUT2D eigenvalue weighted by Crippen LogP contribution is 2.38. The van der Waals surface area contributed by atoms with Crippen molar-refractivity contribution >= 4 is 13.7 Å². The van der Waals surface area contributed by atoms with Crippen molar-refractivity contribution in [3.05, 3.63) is 0 Å². The molecule has 0 bridgehead atoms. The summed E-state index contributed by atoms with van der Waals surface area (Å²) >= 11 is 0. The molecule has 9 heteroatoms. The summed E-state index contributed by atoms with van der Waals surface area (Å²) < 4.78 is 23.4. The summed E-state index contributed by atoms with van der Waals surface area (Å²) in [6, 6.07) is -0.794. The molecule has 8 nitrogen and oxygen atoms in total. The van der Waals surface area contributed by atoms with Gasteiger partial charge < -0.3 is 28.8 Å². The van der Waals surface area contributed by atoms with E-state index >= 15 is 0 Å². The average Bonchev–Trinajstić information content (AvgIpc) is 3.29. The van der Waals surface area contributed by atoms with E-state index in [2.05, 4.69) is 19.2 Å². The van der Waals surface area contributed by atoms with E-state index in [0.29, 0.717) is 23.9 Å². The predicted molar refractivity (Wildman–Crippen MR) is 289 cm³/mol. The number of aliphatic hydroxyl groups is 1. The van der Waals surface area contributed by atoms with Gasteiger partial charge in [-0.3, -0.25) is 9.36 Å². The maximum absolute atomic E-state index is 13.0. The number of nitrogens with zero attached hydrogens (tertiary/aromatic N) is 1. The lowest BCUT2D eigenvalue weighted by Gasteiger charge is -2.30. The van der Waals surface area contributed by atoms with Crippen LogP contribution in [0.1, 0.15) is 316 Å². The van der Waals surface area contributed by atoms with Crippen molar-refractivity contribution in [2.45, 2.75) is 328 Å². The van der Waals surface area contributed by atoms with Crippen molar-refractivity contribution in [2.75, 3.05) is 40.9 Å². The summed E-state index contributed by atoms with van der Waals surface area (Å²) in [7, 11) is 1.32. The Balaban J connectivity index is 3.99. The van der Waals surface area contributed by atoms with Crippen LogP contribution in [-0.2, 0) is 18.4 Å². The summed E-state index contributed by atoms with van der Waals surface area (Å²) in [6.45, 7) is 4.77. The molecule has 0 aromatic rings. The number of carbonyl (C=O) groups is 1. The summed E-state index contributed by atoms with van der Waals surface area (Å²) in [5.41, 5.74) is 0. The first-order chi connectivity index (χ1) is 32.5. The van der Waals surface area contributed by atoms with E-state index in [9.17, 15) is 19.4 Å². The van der Waals surface area contributed by atoms with Crippen LogP contribution in [-0.4, -0.2) is 68.5 Å². The number of phosphoric ester groups is 1. The van der Waals surface area contributed by atoms with Gasteiger partial charge >= 0.3 is 0 Å². The van der Waals surface area contributed by atoms with Crippen LogP contribution in [0.15, 0.2) is 0 Å². The zero-order valence-corrected chi connectivity index (χ0v) is 46.8. The molecular weight excluding hydrogens is 852 g/mol. The molecule has 2 N–H and O–H groups in total. The topological polar surface area (TPSA) is 108 Å². The minimum atomic E-state index is -4.57. The highest BCUT2D eigenvalue weighted by molar-refractivity contribution is 7.45. The molecule has 402 valence electrons. The van der Waals surface area contributed by atoms with Crippen LogP contribution < -0.4 is 10.2 Å². The molecule has 0 spiro atoms. The molecule has 3 unspecified atom stereocenters. The molecule has 0 saturated heterocycles. The zero-order chi connectivity index (χ0) is 49.2. The van der Waals surface area contributed by atoms with Crippen LogP contribution >= 0.6 is 7.82 Å². The van der Waals surface area contributed by atoms with Crippen LogP contribution in [0.5, 0.6) is 0 Å². The van der Waals surface area contributed by atoms with Crippen molar-refractivity contribution in [2.24, 2.45) is 0 Å². The third kappa shape index (κ3) is 53.1. The van der Waals surface area contributed by atoms with Gasteiger partial charge in [-0.25, -0.2) is 0 Å². The molecule has 0 rings (SSSR count). The predicted octanol–water partition coefficient (Wildman–Crippen LogP) is 17.4. The Morgan fingerprint density at radius 1 is 0.463 bits per heavy atom. The second kappa shape index (κ2) is 50.4. The number of hydrogen-bond donors (Lipinski definition) is 2. The van der Waals surface area contributed by atoms with E-state index in [-0.39, 0.29) is 19.1 Å². The summed E-state index contributed by atoms with van der Waals surface area (Å²) in [5, 5.41) is 14.0. The van der Waals surface area contributed by atoms with E-state index in [0.717, 1.165) is 38.5 Å². The van der Waals surface area contributed by atoms with Crippen molar-refractivity contribution in [3.8, 4) is 0 Å². The average molecular weight is 972 g/mol. The highest BCUT2D eigenvalue weighted by atomic mass is 31.2. The number of unbranched alkanes of at least 4 members (excludes halogenated alkanes) is 43. The Morgan fingerprint density at radius 2 is 0.731 bits per heavy atom. The van der Waals surface area contributed by atoms with E-state index in [1.54, 1.807) is 0 Å². The summed E-state index contributed by atoms with van der Waals surface area (Å²) in [6.07, 6.45) is 60.1. The lowest BCUT2D eigenvalue weighted by molar-refractivity contribution is -0.870. The molecule has 3 atom stereocenters. The molecule has 0 aromatic heterocycles. The van der Waals surface area contributed by atoms with Crippen molar-refractivity contribution in [1.82, 2.24) is 5.32 Å². The molecule has 0 aromatic carbocycles. The van der Waals surface area contributed by atoms with Gasteiger partial charge in [0, 0.05) is 6.42 Å². The molecule has 0 saturated carbocycles. The number of rotatable bonds is 56. The minimum absolute atomic E-state index is 0.0165. The first-order valence-electron chi connectivity index (χ1n) is 29.9. The number of aliphatic hydroxyl groups excluding tert-OH is 1. The van der Waals surface area contributed by atoms with Gasteiger partial charge in [-0.15, -0.1) is 0 Å². The second-order valence-corrected chi connectivity index (χ2v) is 23.5. The third-order valence-electron chi connectivity index (χ3n) is 14.1. The molecule has 0 aliphatic carbocycles. The number of amides is 1. The molecule has 1 amide bonds. The molecule has 67 heavy (non-hydrogen) atoms. The Hall–Kier alpha value is -0.500. The van der Waals surface area contributed by atoms with Gasteiger partial charge in [0.15, 0.2) is 0 Å². The Labute approximate surface area is 419 Å². The lowest BCUT2D eigenvalue weighted by atomic mass is 10.0. The summed E-state index contributed by atoms with van der Waals surface area (Å²) in [4.78, 5) is 25.5. The minimum Gasteiger partial charge on any atom is -0.756 e. The van der Waals surface area contributed by atoms with Crippen molar-refractivity contribution in [1.29, 1.82) is 0 Å². The Bertz CT molecular complexity index is 1060. The largest absolute Gasteiger partial charge is 0.756 e. The van der Waals surface area contributed by atoms with E-state index in [1.807, 2.05) is 21.1 Å². The summed E-state index contributed by atoms with van der Waals surface area (Å²) in [5.74, 6) is -0.156. The van der Waals surface area contributed by atoms with Crippen LogP contribution in [0.4, 0.5) is 0 Å². The smallest absolute Gasteiger partial charge is 0.268 e. The van der Waals surface area contributed by atoms with Gasteiger partial charge in [-0.1, -0.05) is 296 Å². The van der Waals surface area contributed by atoms with Crippen molar-refractivity contribution in [3.63, 3.8) is 0 Å². The normalized spacial score (nSPS) is 13.8. The van der Waals surface area contributed by atoms with Crippen LogP contribution in [0.2, 0.25) is 0 Å². The van der Waals surface area contributed by atoms with Crippen LogP contribution in [0, 0.1) is 0 Å². The Morgan fingerprint density at radius 3 is 1.01 bits per heavy atom. The molecule has 0 radical (unpaired) electrons. The van der Waals surface area contributed by atoms with Crippen LogP contribution in [0.3, 0.4) is 0 Å². The highest BCUT2D eigenvalue weighted by Gasteiger charge is 2.24. The van der Waals surface area contributed by atoms with Gasteiger partial charge in [0.2, 0.25) is 5.91 Å². The third-order valence-corrected chi connectivity index (χ3v) is 15.1. The monoisotopic (exact) mass is 971 g/mol. The molecular formula is C58H119N2O6P. The first kappa shape index (κ1) is 66.5. The maximum atomic E-state index is 13.0. The number of likely N-dealkylation sites (N-methyl/N-ethyl adjacent to an activating group) is 1. The Kier molecular flexibility index (Phi) is 50.1. The fraction of sp³-hybridized carbons (Fsp3) is 0.983. The number of hydrogen-bond acceptors (Lipinski definition) is 6. The van der Waals surface area contributed by atoms with Crippen molar-refractivity contribution < 1.29 is 32.9 Å². The number of quaternary nitrogens is 1. The fourth-order valence-electron chi connectivity index (χ4n) is 9.40. The quantitative estimate of drug-likeness (QED) is 0.0357. The van der Waals surface area contributed by atoms with Gasteiger partial charge in [-0.2, -0.15) is 0 Å². The van der Waals surface area contributed by atoms with Crippen LogP contribution in [0.25, 0.3) is 0 Å². The standard InChI is InChI=1S/C58H119N2O6P/c1-6-8-10-12-14-16-18-20-22-23-24-25-26-27-28-29-30-31-32-33-34-35-36-38-40-42-44-46-48-50-52-58(62)59-56(55-66-67(63,64)65-54-53-60(3,4)5)57(61)51-49-47-45-43-41-39-37-21-19-17-15-13-11-9-7-2/h56-57,61H,6-55H2,1-5H3,(H-,59,62,63,64). The fourth-order valence-corrected chi connectivity index (χ4v) is 10.1. The molecule has 0 heterocycles. The maximum Gasteiger partial charge on any atom is 0.268 e. The van der Waals surface area contributed by atoms with Gasteiger partial charge in [-0.05, 0) is 12.8 Å². The van der Waals surface area contributed by atoms with E-state index in [4.69, 9.17) is 9.05 Å². The zero-order valence-electron chi connectivity index (χ0n) is 45.9. The second-order valence-electron chi connectivity index (χ2n) is 22.1. The molecule has 0 fully saturated rings. The van der Waals surface area contributed by atoms with Gasteiger partial charge in [0.1, 0.15) is 13.2 Å². The lowest BCUT2D eigenvalue weighted by Crippen LogP contribution is -2.46. The van der Waals surface area contributed by atoms with E-state index in [1.165, 1.54) is 250 Å². The van der Waals surface area contributed by atoms with Gasteiger partial charge in [0.05, 0.1) is 39.9 Å². The molecule has 0 aliphatic rings. The number of nitrogens with one attached hydrogen (secondary N) is 1. The first-order valence-corrected chi connectivity index (χ1v) is 31.3. The number of phosphoric acid groups is 1. The SMILES string of the molecule is CCCCCCCCCCCCCCCCCCCCCCCCCCCCCCCCC(=O)NC(COP(=O)([O-])OCC[N+](C)(C)C)C(O)CCCCCCCCCCCCCCCCC. The van der Waals surface area contributed by atoms with E-state index < -0.39 is 20.0 Å². The van der Waals surface area contributed by atoms with Gasteiger partial charge in [0.25, 0.3) is 7.82 Å². The number of carbonyl (C=O) groups excluding carboxylic acids is 1. The molecule has 0 aliphatic heterocycles.